The molecule has 0 aliphatic carbocycles. The maximum atomic E-state index is 13.3. The van der Waals surface area contributed by atoms with Gasteiger partial charge in [-0.3, -0.25) is 0 Å². The van der Waals surface area contributed by atoms with Crippen molar-refractivity contribution in [1.82, 2.24) is 0 Å². The fourth-order valence-corrected chi connectivity index (χ4v) is 1.26. The Balaban J connectivity index is 2.84. The van der Waals surface area contributed by atoms with Crippen molar-refractivity contribution < 1.29 is 9.50 Å². The van der Waals surface area contributed by atoms with Crippen LogP contribution in [0.5, 0.6) is 0 Å². The number of nitrogens with zero attached hydrogens (tertiary/aromatic N) is 1. The fraction of sp³-hybridized carbons (Fsp3) is 0.462. The lowest BCUT2D eigenvalue weighted by Gasteiger charge is -2.28. The van der Waals surface area contributed by atoms with Gasteiger partial charge in [0.15, 0.2) is 0 Å². The number of halogens is 1. The molecular formula is C13H17FN2O. The Bertz CT molecular complexity index is 436. The number of rotatable bonds is 4. The van der Waals surface area contributed by atoms with Crippen LogP contribution in [0, 0.1) is 23.1 Å². The van der Waals surface area contributed by atoms with Gasteiger partial charge < -0.3 is 10.4 Å². The number of aliphatic hydroxyl groups is 1. The molecule has 0 bridgehead atoms. The highest BCUT2D eigenvalue weighted by atomic mass is 19.1. The molecule has 1 atom stereocenters. The maximum Gasteiger partial charge on any atom is 0.143 e. The van der Waals surface area contributed by atoms with Crippen molar-refractivity contribution >= 4 is 5.69 Å². The van der Waals surface area contributed by atoms with E-state index in [9.17, 15) is 9.50 Å². The van der Waals surface area contributed by atoms with Gasteiger partial charge in [-0.15, -0.1) is 0 Å². The van der Waals surface area contributed by atoms with Crippen molar-refractivity contribution in [2.75, 3.05) is 11.9 Å². The Morgan fingerprint density at radius 1 is 1.53 bits per heavy atom. The molecule has 0 unspecified atom stereocenters. The predicted octanol–water partition coefficient (Wildman–Crippen LogP) is 2.52. The van der Waals surface area contributed by atoms with Gasteiger partial charge in [-0.2, -0.15) is 5.26 Å². The first-order chi connectivity index (χ1) is 7.88. The first-order valence-electron chi connectivity index (χ1n) is 5.53. The van der Waals surface area contributed by atoms with Gasteiger partial charge in [0.05, 0.1) is 11.3 Å². The third kappa shape index (κ3) is 3.18. The van der Waals surface area contributed by atoms with Crippen molar-refractivity contribution in [2.24, 2.45) is 5.92 Å². The molecule has 17 heavy (non-hydrogen) atoms. The molecule has 0 aliphatic rings. The summed E-state index contributed by atoms with van der Waals surface area (Å²) < 4.78 is 13.3. The van der Waals surface area contributed by atoms with Crippen LogP contribution in [-0.4, -0.2) is 17.3 Å². The van der Waals surface area contributed by atoms with E-state index in [1.54, 1.807) is 13.0 Å². The molecule has 0 radical (unpaired) electrons. The fourth-order valence-electron chi connectivity index (χ4n) is 1.26. The molecule has 0 fully saturated rings. The van der Waals surface area contributed by atoms with Gasteiger partial charge in [0.2, 0.25) is 0 Å². The van der Waals surface area contributed by atoms with Crippen molar-refractivity contribution in [3.63, 3.8) is 0 Å². The average molecular weight is 236 g/mol. The summed E-state index contributed by atoms with van der Waals surface area (Å²) >= 11 is 0. The molecule has 1 aromatic carbocycles. The molecule has 92 valence electrons. The SMILES string of the molecule is CC(C)[C@](C)(O)CNc1cccc(F)c1C#N. The molecule has 3 nitrogen and oxygen atoms in total. The zero-order valence-corrected chi connectivity index (χ0v) is 10.3. The summed E-state index contributed by atoms with van der Waals surface area (Å²) in [5.74, 6) is -0.490. The largest absolute Gasteiger partial charge is 0.388 e. The van der Waals surface area contributed by atoms with E-state index in [2.05, 4.69) is 5.32 Å². The smallest absolute Gasteiger partial charge is 0.143 e. The number of hydrogen-bond acceptors (Lipinski definition) is 3. The van der Waals surface area contributed by atoms with E-state index in [-0.39, 0.29) is 18.0 Å². The molecule has 0 aliphatic heterocycles. The predicted molar refractivity (Wildman–Crippen MR) is 65.1 cm³/mol. The topological polar surface area (TPSA) is 56.0 Å². The molecule has 0 saturated heterocycles. The van der Waals surface area contributed by atoms with Gasteiger partial charge in [-0.25, -0.2) is 4.39 Å². The molecule has 1 aromatic rings. The third-order valence-corrected chi connectivity index (χ3v) is 3.01. The summed E-state index contributed by atoms with van der Waals surface area (Å²) in [6, 6.07) is 6.20. The lowest BCUT2D eigenvalue weighted by Crippen LogP contribution is -2.38. The van der Waals surface area contributed by atoms with E-state index in [1.807, 2.05) is 19.9 Å². The maximum absolute atomic E-state index is 13.3. The molecule has 0 heterocycles. The molecule has 2 N–H and O–H groups in total. The highest BCUT2D eigenvalue weighted by Gasteiger charge is 2.24. The lowest BCUT2D eigenvalue weighted by molar-refractivity contribution is 0.0266. The molecular weight excluding hydrogens is 219 g/mol. The second-order valence-electron chi connectivity index (χ2n) is 4.64. The van der Waals surface area contributed by atoms with Gasteiger partial charge >= 0.3 is 0 Å². The van der Waals surface area contributed by atoms with Crippen LogP contribution in [-0.2, 0) is 0 Å². The second-order valence-corrected chi connectivity index (χ2v) is 4.64. The number of hydrogen-bond donors (Lipinski definition) is 2. The molecule has 4 heteroatoms. The molecule has 0 spiro atoms. The zero-order valence-electron chi connectivity index (χ0n) is 10.3. The van der Waals surface area contributed by atoms with Crippen LogP contribution in [0.3, 0.4) is 0 Å². The van der Waals surface area contributed by atoms with Gasteiger partial charge in [0.1, 0.15) is 17.4 Å². The van der Waals surface area contributed by atoms with Crippen LogP contribution in [0.25, 0.3) is 0 Å². The molecule has 0 amide bonds. The highest BCUT2D eigenvalue weighted by Crippen LogP contribution is 2.21. The number of nitrogens with one attached hydrogen (secondary N) is 1. The summed E-state index contributed by atoms with van der Waals surface area (Å²) in [6.45, 7) is 5.77. The van der Waals surface area contributed by atoms with E-state index < -0.39 is 11.4 Å². The van der Waals surface area contributed by atoms with Crippen molar-refractivity contribution in [3.05, 3.63) is 29.6 Å². The van der Waals surface area contributed by atoms with Crippen LogP contribution in [0.2, 0.25) is 0 Å². The average Bonchev–Trinajstić information content (AvgIpc) is 2.26. The van der Waals surface area contributed by atoms with Crippen molar-refractivity contribution in [1.29, 1.82) is 5.26 Å². The third-order valence-electron chi connectivity index (χ3n) is 3.01. The zero-order chi connectivity index (χ0) is 13.1. The van der Waals surface area contributed by atoms with Crippen LogP contribution >= 0.6 is 0 Å². The first kappa shape index (κ1) is 13.5. The Kier molecular flexibility index (Phi) is 4.08. The summed E-state index contributed by atoms with van der Waals surface area (Å²) in [4.78, 5) is 0. The minimum Gasteiger partial charge on any atom is -0.388 e. The van der Waals surface area contributed by atoms with E-state index in [0.29, 0.717) is 5.69 Å². The minimum absolute atomic E-state index is 0.0212. The summed E-state index contributed by atoms with van der Waals surface area (Å²) in [6.07, 6.45) is 0. The Hall–Kier alpha value is -1.60. The summed E-state index contributed by atoms with van der Waals surface area (Å²) in [5.41, 5.74) is -0.514. The lowest BCUT2D eigenvalue weighted by atomic mass is 9.92. The summed E-state index contributed by atoms with van der Waals surface area (Å²) in [7, 11) is 0. The van der Waals surface area contributed by atoms with Crippen LogP contribution in [0.15, 0.2) is 18.2 Å². The van der Waals surface area contributed by atoms with Crippen molar-refractivity contribution in [2.45, 2.75) is 26.4 Å². The van der Waals surface area contributed by atoms with Crippen LogP contribution in [0.4, 0.5) is 10.1 Å². The summed E-state index contributed by atoms with van der Waals surface area (Å²) in [5, 5.41) is 21.8. The Labute approximate surface area is 101 Å². The van der Waals surface area contributed by atoms with Gasteiger partial charge in [0, 0.05) is 6.54 Å². The quantitative estimate of drug-likeness (QED) is 0.844. The van der Waals surface area contributed by atoms with Gasteiger partial charge in [-0.05, 0) is 25.0 Å². The van der Waals surface area contributed by atoms with Gasteiger partial charge in [0.25, 0.3) is 0 Å². The van der Waals surface area contributed by atoms with E-state index in [1.165, 1.54) is 12.1 Å². The molecule has 0 saturated carbocycles. The van der Waals surface area contributed by atoms with E-state index in [4.69, 9.17) is 5.26 Å². The Morgan fingerprint density at radius 2 is 2.18 bits per heavy atom. The van der Waals surface area contributed by atoms with Crippen molar-refractivity contribution in [3.8, 4) is 6.07 Å². The monoisotopic (exact) mass is 236 g/mol. The highest BCUT2D eigenvalue weighted by molar-refractivity contribution is 5.58. The van der Waals surface area contributed by atoms with Crippen LogP contribution < -0.4 is 5.32 Å². The first-order valence-corrected chi connectivity index (χ1v) is 5.53. The Morgan fingerprint density at radius 3 is 2.71 bits per heavy atom. The number of anilines is 1. The number of benzene rings is 1. The second kappa shape index (κ2) is 5.15. The van der Waals surface area contributed by atoms with E-state index in [0.717, 1.165) is 0 Å². The van der Waals surface area contributed by atoms with Gasteiger partial charge in [-0.1, -0.05) is 19.9 Å². The standard InChI is InChI=1S/C13H17FN2O/c1-9(2)13(3,17)8-16-12-6-4-5-11(14)10(12)7-15/h4-6,9,16-17H,8H2,1-3H3/t13-/m1/s1. The van der Waals surface area contributed by atoms with Crippen LogP contribution in [0.1, 0.15) is 26.3 Å². The number of nitriles is 1. The normalized spacial score (nSPS) is 14.2. The molecule has 0 aromatic heterocycles. The minimum atomic E-state index is -0.904. The van der Waals surface area contributed by atoms with E-state index >= 15 is 0 Å². The molecule has 1 rings (SSSR count).